The second-order valence-electron chi connectivity index (χ2n) is 8.29. The molecule has 10 nitrogen and oxygen atoms in total. The molecule has 39 heavy (non-hydrogen) atoms. The Morgan fingerprint density at radius 3 is 2.54 bits per heavy atom. The number of methoxy groups -OCH3 is 1. The molecule has 0 atom stereocenters. The molecule has 4 rings (SSSR count). The van der Waals surface area contributed by atoms with Crippen molar-refractivity contribution in [3.8, 4) is 23.3 Å². The van der Waals surface area contributed by atoms with Crippen LogP contribution >= 0.6 is 11.3 Å². The average molecular weight is 550 g/mol. The number of hydrogen-bond acceptors (Lipinski definition) is 9. The fraction of sp³-hybridized carbons (Fsp3) is 0.286. The van der Waals surface area contributed by atoms with E-state index >= 15 is 0 Å². The van der Waals surface area contributed by atoms with E-state index < -0.39 is 11.9 Å². The molecule has 0 bridgehead atoms. The van der Waals surface area contributed by atoms with Crippen LogP contribution in [-0.4, -0.2) is 68.0 Å². The minimum absolute atomic E-state index is 0.109. The molecule has 0 saturated carbocycles. The molecule has 0 unspecified atom stereocenters. The van der Waals surface area contributed by atoms with Gasteiger partial charge in [-0.25, -0.2) is 4.79 Å². The van der Waals surface area contributed by atoms with Gasteiger partial charge in [-0.3, -0.25) is 14.2 Å². The Kier molecular flexibility index (Phi) is 9.14. The number of hydrogen-bond donors (Lipinski definition) is 0. The highest BCUT2D eigenvalue weighted by Gasteiger charge is 2.24. The van der Waals surface area contributed by atoms with Crippen molar-refractivity contribution in [3.05, 3.63) is 73.6 Å². The van der Waals surface area contributed by atoms with Gasteiger partial charge >= 0.3 is 5.97 Å². The highest BCUT2D eigenvalue weighted by Crippen LogP contribution is 2.28. The lowest BCUT2D eigenvalue weighted by Gasteiger charge is -2.26. The van der Waals surface area contributed by atoms with Crippen molar-refractivity contribution in [2.24, 2.45) is 0 Å². The summed E-state index contributed by atoms with van der Waals surface area (Å²) < 4.78 is 23.1. The fourth-order valence-electron chi connectivity index (χ4n) is 3.96. The predicted molar refractivity (Wildman–Crippen MR) is 144 cm³/mol. The van der Waals surface area contributed by atoms with Crippen molar-refractivity contribution >= 4 is 34.9 Å². The van der Waals surface area contributed by atoms with Crippen molar-refractivity contribution in [2.75, 3.05) is 46.6 Å². The van der Waals surface area contributed by atoms with E-state index in [-0.39, 0.29) is 29.0 Å². The molecule has 1 amide bonds. The van der Waals surface area contributed by atoms with Crippen LogP contribution in [0.2, 0.25) is 0 Å². The van der Waals surface area contributed by atoms with Gasteiger partial charge in [0.05, 0.1) is 37.2 Å². The van der Waals surface area contributed by atoms with E-state index in [4.69, 9.17) is 18.9 Å². The molecule has 1 aliphatic heterocycles. The second kappa shape index (κ2) is 12.9. The molecule has 1 aromatic heterocycles. The predicted octanol–water partition coefficient (Wildman–Crippen LogP) is 1.21. The van der Waals surface area contributed by atoms with Gasteiger partial charge in [-0.15, -0.1) is 11.3 Å². The number of benzene rings is 2. The number of nitrogens with zero attached hydrogens (tertiary/aromatic N) is 3. The summed E-state index contributed by atoms with van der Waals surface area (Å²) in [6, 6.07) is 15.9. The lowest BCUT2D eigenvalue weighted by Crippen LogP contribution is -2.42. The molecule has 3 aromatic rings. The maximum atomic E-state index is 13.6. The number of amides is 1. The number of para-hydroxylation sites is 1. The van der Waals surface area contributed by atoms with Gasteiger partial charge in [0.15, 0.2) is 23.7 Å². The Balaban J connectivity index is 1.82. The van der Waals surface area contributed by atoms with Gasteiger partial charge in [-0.1, -0.05) is 24.3 Å². The Bertz CT molecular complexity index is 1570. The lowest BCUT2D eigenvalue weighted by molar-refractivity contribution is -0.145. The molecule has 2 aromatic carbocycles. The first kappa shape index (κ1) is 27.6. The van der Waals surface area contributed by atoms with Gasteiger partial charge in [0.2, 0.25) is 0 Å². The van der Waals surface area contributed by atoms with Crippen LogP contribution in [0.3, 0.4) is 0 Å². The number of esters is 1. The molecule has 0 aliphatic carbocycles. The van der Waals surface area contributed by atoms with Gasteiger partial charge in [0.1, 0.15) is 10.7 Å². The molecule has 11 heteroatoms. The standard InChI is InChI=1S/C28H27N3O7S/c1-3-37-25(32)18-38-22-10-9-19(15-23(22)35-2)16-24-27(34)31(20-7-5-4-6-8-20)28(39-24)21(17-29)26(33)30-11-13-36-14-12-30/h4-10,15-16H,3,11-14,18H2,1-2H3. The van der Waals surface area contributed by atoms with E-state index in [0.717, 1.165) is 11.3 Å². The minimum Gasteiger partial charge on any atom is -0.493 e. The maximum absolute atomic E-state index is 13.6. The van der Waals surface area contributed by atoms with Gasteiger partial charge in [-0.2, -0.15) is 5.26 Å². The normalized spacial score (nSPS) is 14.4. The van der Waals surface area contributed by atoms with Crippen LogP contribution < -0.4 is 24.2 Å². The summed E-state index contributed by atoms with van der Waals surface area (Å²) >= 11 is 1.06. The van der Waals surface area contributed by atoms with Crippen LogP contribution in [0.15, 0.2) is 53.3 Å². The first-order valence-electron chi connectivity index (χ1n) is 12.2. The van der Waals surface area contributed by atoms with Gasteiger partial charge in [-0.05, 0) is 42.8 Å². The summed E-state index contributed by atoms with van der Waals surface area (Å²) in [5, 5.41) is 10.0. The summed E-state index contributed by atoms with van der Waals surface area (Å²) in [4.78, 5) is 40.1. The van der Waals surface area contributed by atoms with Crippen molar-refractivity contribution in [2.45, 2.75) is 6.92 Å². The van der Waals surface area contributed by atoms with Crippen LogP contribution in [0.1, 0.15) is 12.5 Å². The third-order valence-electron chi connectivity index (χ3n) is 5.81. The van der Waals surface area contributed by atoms with E-state index in [1.807, 2.05) is 12.1 Å². The van der Waals surface area contributed by atoms with E-state index in [0.29, 0.717) is 53.6 Å². The average Bonchev–Trinajstić information content (AvgIpc) is 3.28. The van der Waals surface area contributed by atoms with Crippen molar-refractivity contribution in [1.82, 2.24) is 9.47 Å². The topological polar surface area (TPSA) is 120 Å². The van der Waals surface area contributed by atoms with Crippen molar-refractivity contribution in [3.63, 3.8) is 0 Å². The minimum atomic E-state index is -0.501. The van der Waals surface area contributed by atoms with Gasteiger partial charge in [0, 0.05) is 13.1 Å². The number of ether oxygens (including phenoxy) is 4. The lowest BCUT2D eigenvalue weighted by atomic mass is 10.2. The van der Waals surface area contributed by atoms with Crippen LogP contribution in [0.25, 0.3) is 17.3 Å². The third kappa shape index (κ3) is 6.37. The van der Waals surface area contributed by atoms with Crippen LogP contribution in [0, 0.1) is 11.3 Å². The SMILES string of the molecule is CCOC(=O)COc1ccc(C=c2sc(=C(C#N)C(=O)N3CCOCC3)n(-c3ccccc3)c2=O)cc1OC. The molecular weight excluding hydrogens is 522 g/mol. The Morgan fingerprint density at radius 2 is 1.87 bits per heavy atom. The molecule has 1 aliphatic rings. The summed E-state index contributed by atoms with van der Waals surface area (Å²) in [5.74, 6) is -0.241. The smallest absolute Gasteiger partial charge is 0.344 e. The molecule has 0 N–H and O–H groups in total. The summed E-state index contributed by atoms with van der Waals surface area (Å²) in [7, 11) is 1.47. The third-order valence-corrected chi connectivity index (χ3v) is 6.90. The molecule has 0 spiro atoms. The molecule has 202 valence electrons. The van der Waals surface area contributed by atoms with Gasteiger partial charge < -0.3 is 23.8 Å². The maximum Gasteiger partial charge on any atom is 0.344 e. The fourth-order valence-corrected chi connectivity index (χ4v) is 5.05. The number of carbonyl (C=O) groups is 2. The van der Waals surface area contributed by atoms with E-state index in [9.17, 15) is 19.6 Å². The van der Waals surface area contributed by atoms with Crippen molar-refractivity contribution < 1.29 is 28.5 Å². The largest absolute Gasteiger partial charge is 0.493 e. The number of aromatic nitrogens is 1. The molecule has 0 radical (unpaired) electrons. The van der Waals surface area contributed by atoms with Crippen molar-refractivity contribution in [1.29, 1.82) is 5.26 Å². The Morgan fingerprint density at radius 1 is 1.13 bits per heavy atom. The quantitative estimate of drug-likeness (QED) is 0.385. The molecule has 1 saturated heterocycles. The van der Waals surface area contributed by atoms with Crippen LogP contribution in [0.5, 0.6) is 11.5 Å². The molecule has 1 fully saturated rings. The van der Waals surface area contributed by atoms with E-state index in [1.165, 1.54) is 11.7 Å². The van der Waals surface area contributed by atoms with Crippen LogP contribution in [0.4, 0.5) is 0 Å². The number of nitriles is 1. The highest BCUT2D eigenvalue weighted by molar-refractivity contribution is 7.07. The highest BCUT2D eigenvalue weighted by atomic mass is 32.1. The zero-order chi connectivity index (χ0) is 27.8. The Hall–Kier alpha value is -4.40. The van der Waals surface area contributed by atoms with E-state index in [1.54, 1.807) is 60.4 Å². The number of thiazole rings is 1. The summed E-state index contributed by atoms with van der Waals surface area (Å²) in [6.45, 7) is 3.21. The monoisotopic (exact) mass is 549 g/mol. The molecular formula is C28H27N3O7S. The summed E-state index contributed by atoms with van der Waals surface area (Å²) in [5.41, 5.74) is 0.683. The van der Waals surface area contributed by atoms with E-state index in [2.05, 4.69) is 0 Å². The zero-order valence-electron chi connectivity index (χ0n) is 21.5. The number of morpholine rings is 1. The number of rotatable bonds is 8. The first-order valence-corrected chi connectivity index (χ1v) is 13.0. The summed E-state index contributed by atoms with van der Waals surface area (Å²) in [6.07, 6.45) is 1.65. The first-order chi connectivity index (χ1) is 19.0. The zero-order valence-corrected chi connectivity index (χ0v) is 22.4. The van der Waals surface area contributed by atoms with Crippen LogP contribution in [-0.2, 0) is 19.1 Å². The van der Waals surface area contributed by atoms with Gasteiger partial charge in [0.25, 0.3) is 11.5 Å². The Labute approximate surface area is 228 Å². The number of carbonyl (C=O) groups excluding carboxylic acids is 2. The molecule has 2 heterocycles. The second-order valence-corrected chi connectivity index (χ2v) is 9.32.